The second kappa shape index (κ2) is 5.52. The van der Waals surface area contributed by atoms with Gasteiger partial charge < -0.3 is 15.7 Å². The summed E-state index contributed by atoms with van der Waals surface area (Å²) in [5, 5.41) is 8.92. The van der Waals surface area contributed by atoms with Crippen LogP contribution in [-0.4, -0.2) is 36.2 Å². The number of nitrogens with zero attached hydrogens (tertiary/aromatic N) is 1. The smallest absolute Gasteiger partial charge is 0.0558 e. The van der Waals surface area contributed by atoms with Crippen molar-refractivity contribution in [3.63, 3.8) is 0 Å². The molecule has 1 aliphatic rings. The first-order valence-corrected chi connectivity index (χ1v) is 6.40. The standard InChI is InChI=1S/C14H22N2O/c1-11-10-13(15)2-3-14(11)12-4-6-16(7-5-12)8-9-17/h2-3,10,12,17H,4-9,15H2,1H3. The van der Waals surface area contributed by atoms with Crippen LogP contribution in [-0.2, 0) is 0 Å². The Morgan fingerprint density at radius 1 is 1.35 bits per heavy atom. The maximum absolute atomic E-state index is 8.92. The Hall–Kier alpha value is -1.06. The molecule has 3 heteroatoms. The van der Waals surface area contributed by atoms with E-state index in [1.54, 1.807) is 0 Å². The number of aryl methyl sites for hydroxylation is 1. The van der Waals surface area contributed by atoms with E-state index in [1.165, 1.54) is 24.0 Å². The summed E-state index contributed by atoms with van der Waals surface area (Å²) >= 11 is 0. The summed E-state index contributed by atoms with van der Waals surface area (Å²) in [7, 11) is 0. The number of β-amino-alcohol motifs (C(OH)–C–C–N with tert-alkyl or cyclic N) is 1. The number of benzene rings is 1. The molecule has 0 unspecified atom stereocenters. The summed E-state index contributed by atoms with van der Waals surface area (Å²) in [5.74, 6) is 0.658. The highest BCUT2D eigenvalue weighted by Crippen LogP contribution is 2.30. The molecule has 0 amide bonds. The Kier molecular flexibility index (Phi) is 4.02. The summed E-state index contributed by atoms with van der Waals surface area (Å²) in [6, 6.07) is 6.24. The van der Waals surface area contributed by atoms with Crippen molar-refractivity contribution in [1.82, 2.24) is 4.90 Å². The first-order chi connectivity index (χ1) is 8.20. The summed E-state index contributed by atoms with van der Waals surface area (Å²) in [5.41, 5.74) is 9.39. The number of rotatable bonds is 3. The highest BCUT2D eigenvalue weighted by Gasteiger charge is 2.21. The van der Waals surface area contributed by atoms with Crippen molar-refractivity contribution < 1.29 is 5.11 Å². The summed E-state index contributed by atoms with van der Waals surface area (Å²) < 4.78 is 0. The van der Waals surface area contributed by atoms with E-state index < -0.39 is 0 Å². The lowest BCUT2D eigenvalue weighted by Crippen LogP contribution is -2.35. The molecule has 0 saturated carbocycles. The van der Waals surface area contributed by atoms with Gasteiger partial charge in [0, 0.05) is 12.2 Å². The molecule has 0 bridgehead atoms. The molecule has 1 saturated heterocycles. The number of piperidine rings is 1. The van der Waals surface area contributed by atoms with E-state index in [2.05, 4.69) is 24.0 Å². The van der Waals surface area contributed by atoms with E-state index in [0.29, 0.717) is 5.92 Å². The minimum absolute atomic E-state index is 0.269. The van der Waals surface area contributed by atoms with Crippen LogP contribution in [0.2, 0.25) is 0 Å². The lowest BCUT2D eigenvalue weighted by molar-refractivity contribution is 0.164. The highest BCUT2D eigenvalue weighted by atomic mass is 16.3. The van der Waals surface area contributed by atoms with Crippen molar-refractivity contribution in [3.05, 3.63) is 29.3 Å². The fourth-order valence-corrected chi connectivity index (χ4v) is 2.77. The molecule has 1 fully saturated rings. The summed E-state index contributed by atoms with van der Waals surface area (Å²) in [4.78, 5) is 2.34. The zero-order valence-electron chi connectivity index (χ0n) is 10.5. The molecular weight excluding hydrogens is 212 g/mol. The Balaban J connectivity index is 2.00. The van der Waals surface area contributed by atoms with Gasteiger partial charge in [-0.15, -0.1) is 0 Å². The largest absolute Gasteiger partial charge is 0.399 e. The Bertz CT molecular complexity index is 370. The van der Waals surface area contributed by atoms with Gasteiger partial charge in [0.1, 0.15) is 0 Å². The molecule has 0 aliphatic carbocycles. The average Bonchev–Trinajstić information content (AvgIpc) is 2.31. The van der Waals surface area contributed by atoms with Crippen LogP contribution < -0.4 is 5.73 Å². The lowest BCUT2D eigenvalue weighted by atomic mass is 9.86. The second-order valence-electron chi connectivity index (χ2n) is 4.96. The molecule has 94 valence electrons. The Labute approximate surface area is 103 Å². The predicted molar refractivity (Wildman–Crippen MR) is 71.1 cm³/mol. The highest BCUT2D eigenvalue weighted by molar-refractivity contribution is 5.45. The predicted octanol–water partition coefficient (Wildman–Crippen LogP) is 1.75. The maximum Gasteiger partial charge on any atom is 0.0558 e. The number of nitrogen functional groups attached to an aromatic ring is 1. The molecule has 17 heavy (non-hydrogen) atoms. The van der Waals surface area contributed by atoms with Crippen LogP contribution in [0.1, 0.15) is 29.9 Å². The first kappa shape index (κ1) is 12.4. The molecule has 1 aromatic rings. The minimum atomic E-state index is 0.269. The van der Waals surface area contributed by atoms with Crippen molar-refractivity contribution in [2.75, 3.05) is 32.0 Å². The first-order valence-electron chi connectivity index (χ1n) is 6.40. The Morgan fingerprint density at radius 3 is 2.65 bits per heavy atom. The van der Waals surface area contributed by atoms with E-state index in [4.69, 9.17) is 10.8 Å². The third-order valence-electron chi connectivity index (χ3n) is 3.74. The van der Waals surface area contributed by atoms with Crippen LogP contribution in [0.3, 0.4) is 0 Å². The van der Waals surface area contributed by atoms with Gasteiger partial charge in [0.15, 0.2) is 0 Å². The van der Waals surface area contributed by atoms with E-state index in [1.807, 2.05) is 6.07 Å². The van der Waals surface area contributed by atoms with Crippen molar-refractivity contribution in [3.8, 4) is 0 Å². The van der Waals surface area contributed by atoms with Gasteiger partial charge in [0.25, 0.3) is 0 Å². The van der Waals surface area contributed by atoms with Gasteiger partial charge in [-0.3, -0.25) is 0 Å². The molecule has 1 heterocycles. The average molecular weight is 234 g/mol. The topological polar surface area (TPSA) is 49.5 Å². The van der Waals surface area contributed by atoms with Gasteiger partial charge in [-0.25, -0.2) is 0 Å². The van der Waals surface area contributed by atoms with Gasteiger partial charge in [-0.2, -0.15) is 0 Å². The van der Waals surface area contributed by atoms with E-state index in [0.717, 1.165) is 25.3 Å². The van der Waals surface area contributed by atoms with Crippen molar-refractivity contribution in [1.29, 1.82) is 0 Å². The second-order valence-corrected chi connectivity index (χ2v) is 4.96. The minimum Gasteiger partial charge on any atom is -0.399 e. The van der Waals surface area contributed by atoms with E-state index in [-0.39, 0.29) is 6.61 Å². The number of anilines is 1. The van der Waals surface area contributed by atoms with Gasteiger partial charge in [0.05, 0.1) is 6.61 Å². The van der Waals surface area contributed by atoms with Crippen LogP contribution in [0.5, 0.6) is 0 Å². The fourth-order valence-electron chi connectivity index (χ4n) is 2.77. The SMILES string of the molecule is Cc1cc(N)ccc1C1CCN(CCO)CC1. The summed E-state index contributed by atoms with van der Waals surface area (Å²) in [6.07, 6.45) is 2.37. The number of aliphatic hydroxyl groups excluding tert-OH is 1. The molecular formula is C14H22N2O. The van der Waals surface area contributed by atoms with Gasteiger partial charge >= 0.3 is 0 Å². The molecule has 0 radical (unpaired) electrons. The normalized spacial score (nSPS) is 18.5. The van der Waals surface area contributed by atoms with E-state index in [9.17, 15) is 0 Å². The number of hydrogen-bond acceptors (Lipinski definition) is 3. The van der Waals surface area contributed by atoms with Crippen LogP contribution >= 0.6 is 0 Å². The number of nitrogens with two attached hydrogens (primary N) is 1. The van der Waals surface area contributed by atoms with Gasteiger partial charge in [-0.05, 0) is 62.0 Å². The molecule has 3 N–H and O–H groups in total. The molecule has 2 rings (SSSR count). The van der Waals surface area contributed by atoms with E-state index >= 15 is 0 Å². The van der Waals surface area contributed by atoms with Crippen molar-refractivity contribution in [2.45, 2.75) is 25.7 Å². The third kappa shape index (κ3) is 2.99. The molecule has 1 aliphatic heterocycles. The van der Waals surface area contributed by atoms with Crippen molar-refractivity contribution >= 4 is 5.69 Å². The lowest BCUT2D eigenvalue weighted by Gasteiger charge is -2.32. The Morgan fingerprint density at radius 2 is 2.06 bits per heavy atom. The fraction of sp³-hybridized carbons (Fsp3) is 0.571. The van der Waals surface area contributed by atoms with Gasteiger partial charge in [0.2, 0.25) is 0 Å². The quantitative estimate of drug-likeness (QED) is 0.783. The zero-order chi connectivity index (χ0) is 12.3. The molecule has 1 aromatic carbocycles. The third-order valence-corrected chi connectivity index (χ3v) is 3.74. The maximum atomic E-state index is 8.92. The van der Waals surface area contributed by atoms with Crippen molar-refractivity contribution in [2.24, 2.45) is 0 Å². The molecule has 0 aromatic heterocycles. The molecule has 3 nitrogen and oxygen atoms in total. The van der Waals surface area contributed by atoms with Crippen LogP contribution in [0.15, 0.2) is 18.2 Å². The van der Waals surface area contributed by atoms with Crippen LogP contribution in [0, 0.1) is 6.92 Å². The number of likely N-dealkylation sites (tertiary alicyclic amines) is 1. The summed E-state index contributed by atoms with van der Waals surface area (Å²) in [6.45, 7) is 5.41. The molecule has 0 spiro atoms. The van der Waals surface area contributed by atoms with Gasteiger partial charge in [-0.1, -0.05) is 6.07 Å². The number of aliphatic hydroxyl groups is 1. The molecule has 0 atom stereocenters. The number of hydrogen-bond donors (Lipinski definition) is 2. The van der Waals surface area contributed by atoms with Crippen LogP contribution in [0.4, 0.5) is 5.69 Å². The zero-order valence-corrected chi connectivity index (χ0v) is 10.5. The monoisotopic (exact) mass is 234 g/mol. The van der Waals surface area contributed by atoms with Crippen LogP contribution in [0.25, 0.3) is 0 Å².